The van der Waals surface area contributed by atoms with Crippen LogP contribution in [0, 0.1) is 11.8 Å². The fourth-order valence-corrected chi connectivity index (χ4v) is 1.90. The minimum absolute atomic E-state index is 0.0213. The number of hydrogen-bond acceptors (Lipinski definition) is 2. The summed E-state index contributed by atoms with van der Waals surface area (Å²) in [5, 5.41) is 1.09. The van der Waals surface area contributed by atoms with E-state index < -0.39 is 0 Å². The molecule has 0 saturated carbocycles. The van der Waals surface area contributed by atoms with Gasteiger partial charge in [0.2, 0.25) is 0 Å². The highest BCUT2D eigenvalue weighted by Crippen LogP contribution is 2.31. The van der Waals surface area contributed by atoms with Crippen LogP contribution in [0.4, 0.5) is 0 Å². The third kappa shape index (κ3) is 3.40. The van der Waals surface area contributed by atoms with E-state index in [9.17, 15) is 0 Å². The minimum atomic E-state index is -0.0213. The van der Waals surface area contributed by atoms with Crippen molar-refractivity contribution in [2.45, 2.75) is 25.8 Å². The zero-order chi connectivity index (χ0) is 12.0. The molecule has 2 nitrogen and oxygen atoms in total. The number of hydrazine groups is 1. The second-order valence-electron chi connectivity index (χ2n) is 3.33. The third-order valence-electron chi connectivity index (χ3n) is 2.29. The van der Waals surface area contributed by atoms with Crippen molar-refractivity contribution in [3.8, 4) is 11.8 Å². The van der Waals surface area contributed by atoms with E-state index in [1.807, 2.05) is 19.1 Å². The van der Waals surface area contributed by atoms with E-state index in [1.54, 1.807) is 6.07 Å². The number of nitrogens with one attached hydrogen (secondary N) is 1. The topological polar surface area (TPSA) is 38.0 Å². The fourth-order valence-electron chi connectivity index (χ4n) is 1.46. The van der Waals surface area contributed by atoms with Gasteiger partial charge in [0, 0.05) is 12.5 Å². The smallest absolute Gasteiger partial charge is 0.0640 e. The summed E-state index contributed by atoms with van der Waals surface area (Å²) in [4.78, 5) is 0. The summed E-state index contributed by atoms with van der Waals surface area (Å²) in [7, 11) is 0. The van der Waals surface area contributed by atoms with Crippen molar-refractivity contribution in [2.75, 3.05) is 0 Å². The Morgan fingerprint density at radius 1 is 1.44 bits per heavy atom. The number of nitrogens with two attached hydrogens (primary N) is 1. The number of rotatable bonds is 4. The van der Waals surface area contributed by atoms with Gasteiger partial charge in [-0.05, 0) is 25.0 Å². The van der Waals surface area contributed by atoms with Crippen molar-refractivity contribution in [1.29, 1.82) is 0 Å². The Balaban J connectivity index is 2.85. The summed E-state index contributed by atoms with van der Waals surface area (Å²) in [6.45, 7) is 1.82. The molecule has 0 aliphatic rings. The summed E-state index contributed by atoms with van der Waals surface area (Å²) in [5.41, 5.74) is 3.65. The second-order valence-corrected chi connectivity index (χ2v) is 4.11. The van der Waals surface area contributed by atoms with Gasteiger partial charge in [-0.25, -0.2) is 0 Å². The van der Waals surface area contributed by atoms with Gasteiger partial charge >= 0.3 is 0 Å². The number of halogens is 2. The standard InChI is InChI=1S/C12H14Cl2N2/c1-2-3-4-8-11(16-15)9-6-5-7-10(13)12(9)14/h5-7,11,16H,4,8,15H2,1H3. The monoisotopic (exact) mass is 256 g/mol. The SMILES string of the molecule is CC#CCCC(NN)c1cccc(Cl)c1Cl. The van der Waals surface area contributed by atoms with Crippen LogP contribution in [-0.4, -0.2) is 0 Å². The average Bonchev–Trinajstić information content (AvgIpc) is 2.29. The molecule has 1 unspecified atom stereocenters. The molecule has 1 atom stereocenters. The van der Waals surface area contributed by atoms with E-state index in [0.717, 1.165) is 18.4 Å². The van der Waals surface area contributed by atoms with Gasteiger partial charge in [-0.2, -0.15) is 0 Å². The van der Waals surface area contributed by atoms with Gasteiger partial charge in [0.1, 0.15) is 0 Å². The predicted octanol–water partition coefficient (Wildman–Crippen LogP) is 3.30. The fraction of sp³-hybridized carbons (Fsp3) is 0.333. The van der Waals surface area contributed by atoms with E-state index in [4.69, 9.17) is 29.0 Å². The molecule has 1 aromatic rings. The molecule has 0 heterocycles. The van der Waals surface area contributed by atoms with E-state index in [0.29, 0.717) is 10.0 Å². The Labute approximate surface area is 106 Å². The highest BCUT2D eigenvalue weighted by atomic mass is 35.5. The summed E-state index contributed by atoms with van der Waals surface area (Å²) < 4.78 is 0. The van der Waals surface area contributed by atoms with Crippen molar-refractivity contribution in [3.63, 3.8) is 0 Å². The molecule has 0 radical (unpaired) electrons. The van der Waals surface area contributed by atoms with Gasteiger partial charge in [-0.15, -0.1) is 11.8 Å². The van der Waals surface area contributed by atoms with Crippen LogP contribution in [0.2, 0.25) is 10.0 Å². The second kappa shape index (κ2) is 6.78. The number of hydrogen-bond donors (Lipinski definition) is 2. The highest BCUT2D eigenvalue weighted by Gasteiger charge is 2.14. The molecular formula is C12H14Cl2N2. The molecule has 0 aliphatic carbocycles. The first-order chi connectivity index (χ1) is 7.70. The Kier molecular flexibility index (Phi) is 5.65. The van der Waals surface area contributed by atoms with Crippen LogP contribution < -0.4 is 11.3 Å². The zero-order valence-corrected chi connectivity index (χ0v) is 10.6. The maximum absolute atomic E-state index is 6.12. The Bertz CT molecular complexity index is 407. The molecule has 0 bridgehead atoms. The normalized spacial score (nSPS) is 11.8. The first-order valence-electron chi connectivity index (χ1n) is 5.00. The molecule has 0 aromatic heterocycles. The predicted molar refractivity (Wildman–Crippen MR) is 69.2 cm³/mol. The maximum atomic E-state index is 6.12. The molecule has 1 rings (SSSR count). The van der Waals surface area contributed by atoms with Crippen LogP contribution in [0.3, 0.4) is 0 Å². The van der Waals surface area contributed by atoms with Crippen molar-refractivity contribution >= 4 is 23.2 Å². The molecule has 86 valence electrons. The molecule has 1 aromatic carbocycles. The van der Waals surface area contributed by atoms with Gasteiger partial charge < -0.3 is 0 Å². The van der Waals surface area contributed by atoms with Crippen LogP contribution in [0.1, 0.15) is 31.4 Å². The highest BCUT2D eigenvalue weighted by molar-refractivity contribution is 6.42. The summed E-state index contributed by atoms with van der Waals surface area (Å²) in [5.74, 6) is 11.3. The van der Waals surface area contributed by atoms with Gasteiger partial charge in [0.05, 0.1) is 10.0 Å². The van der Waals surface area contributed by atoms with Crippen molar-refractivity contribution in [1.82, 2.24) is 5.43 Å². The van der Waals surface area contributed by atoms with E-state index in [-0.39, 0.29) is 6.04 Å². The van der Waals surface area contributed by atoms with Crippen LogP contribution in [0.5, 0.6) is 0 Å². The maximum Gasteiger partial charge on any atom is 0.0640 e. The molecule has 0 fully saturated rings. The molecular weight excluding hydrogens is 243 g/mol. The first kappa shape index (κ1) is 13.3. The first-order valence-corrected chi connectivity index (χ1v) is 5.76. The quantitative estimate of drug-likeness (QED) is 0.493. The minimum Gasteiger partial charge on any atom is -0.271 e. The van der Waals surface area contributed by atoms with Crippen LogP contribution in [0.15, 0.2) is 18.2 Å². The van der Waals surface area contributed by atoms with Crippen LogP contribution >= 0.6 is 23.2 Å². The van der Waals surface area contributed by atoms with E-state index in [1.165, 1.54) is 0 Å². The molecule has 16 heavy (non-hydrogen) atoms. The Morgan fingerprint density at radius 3 is 2.81 bits per heavy atom. The zero-order valence-electron chi connectivity index (χ0n) is 9.06. The van der Waals surface area contributed by atoms with Crippen LogP contribution in [0.25, 0.3) is 0 Å². The van der Waals surface area contributed by atoms with Crippen LogP contribution in [-0.2, 0) is 0 Å². The lowest BCUT2D eigenvalue weighted by Gasteiger charge is -2.17. The Morgan fingerprint density at radius 2 is 2.19 bits per heavy atom. The van der Waals surface area contributed by atoms with Crippen molar-refractivity contribution in [2.24, 2.45) is 5.84 Å². The molecule has 4 heteroatoms. The van der Waals surface area contributed by atoms with Gasteiger partial charge in [-0.3, -0.25) is 11.3 Å². The lowest BCUT2D eigenvalue weighted by molar-refractivity contribution is 0.524. The van der Waals surface area contributed by atoms with Gasteiger partial charge in [0.25, 0.3) is 0 Å². The number of benzene rings is 1. The third-order valence-corrected chi connectivity index (χ3v) is 3.13. The van der Waals surface area contributed by atoms with Crippen molar-refractivity contribution < 1.29 is 0 Å². The van der Waals surface area contributed by atoms with Crippen molar-refractivity contribution in [3.05, 3.63) is 33.8 Å². The van der Waals surface area contributed by atoms with Gasteiger partial charge in [-0.1, -0.05) is 35.3 Å². The largest absolute Gasteiger partial charge is 0.271 e. The summed E-state index contributed by atoms with van der Waals surface area (Å²) in [6.07, 6.45) is 1.58. The lowest BCUT2D eigenvalue weighted by Crippen LogP contribution is -2.28. The van der Waals surface area contributed by atoms with E-state index in [2.05, 4.69) is 17.3 Å². The molecule has 0 aliphatic heterocycles. The average molecular weight is 257 g/mol. The summed E-state index contributed by atoms with van der Waals surface area (Å²) >= 11 is 12.1. The molecule has 0 amide bonds. The molecule has 0 spiro atoms. The lowest BCUT2D eigenvalue weighted by atomic mass is 10.0. The summed E-state index contributed by atoms with van der Waals surface area (Å²) in [6, 6.07) is 5.51. The van der Waals surface area contributed by atoms with Gasteiger partial charge in [0.15, 0.2) is 0 Å². The Hall–Kier alpha value is -0.720. The van der Waals surface area contributed by atoms with E-state index >= 15 is 0 Å². The molecule has 3 N–H and O–H groups in total. The molecule has 0 saturated heterocycles.